The minimum Gasteiger partial charge on any atom is -0.340 e. The van der Waals surface area contributed by atoms with E-state index in [1.54, 1.807) is 0 Å². The molecule has 0 N–H and O–H groups in total. The molecule has 3 aromatic rings. The molecule has 0 unspecified atom stereocenters. The first-order valence-corrected chi connectivity index (χ1v) is 9.25. The number of nitrogens with zero attached hydrogens (tertiary/aromatic N) is 1. The summed E-state index contributed by atoms with van der Waals surface area (Å²) in [5.41, 5.74) is 3.61. The minimum atomic E-state index is 0.669. The molecule has 3 nitrogen and oxygen atoms in total. The van der Waals surface area contributed by atoms with E-state index >= 15 is 0 Å². The lowest BCUT2D eigenvalue weighted by Crippen LogP contribution is -1.98. The number of hydrogen-bond donors (Lipinski definition) is 0. The van der Waals surface area contributed by atoms with Gasteiger partial charge in [-0.3, -0.25) is 9.59 Å². The Morgan fingerprint density at radius 3 is 1.80 bits per heavy atom. The molecule has 130 valence electrons. The predicted octanol–water partition coefficient (Wildman–Crippen LogP) is 5.78. The summed E-state index contributed by atoms with van der Waals surface area (Å²) in [7, 11) is 0. The van der Waals surface area contributed by atoms with Gasteiger partial charge in [0.1, 0.15) is 12.6 Å². The van der Waals surface area contributed by atoms with E-state index in [1.807, 2.05) is 36.4 Å². The first-order chi connectivity index (χ1) is 12.3. The van der Waals surface area contributed by atoms with E-state index in [1.165, 1.54) is 32.1 Å². The lowest BCUT2D eigenvalue weighted by molar-refractivity contribution is 0.111. The van der Waals surface area contributed by atoms with Crippen molar-refractivity contribution < 1.29 is 9.59 Å². The maximum absolute atomic E-state index is 11.2. The molecule has 3 rings (SSSR count). The molecule has 1 heterocycles. The molecule has 0 aliphatic rings. The highest BCUT2D eigenvalue weighted by Crippen LogP contribution is 2.30. The lowest BCUT2D eigenvalue weighted by Gasteiger charge is -2.08. The van der Waals surface area contributed by atoms with E-state index < -0.39 is 0 Å². The van der Waals surface area contributed by atoms with Crippen LogP contribution in [0.15, 0.2) is 36.4 Å². The number of aryl methyl sites for hydroxylation is 1. The number of carbonyl (C=O) groups excluding carboxylic acids is 2. The van der Waals surface area contributed by atoms with Crippen LogP contribution in [0.4, 0.5) is 0 Å². The summed E-state index contributed by atoms with van der Waals surface area (Å²) in [6.07, 6.45) is 9.32. The number of unbranched alkanes of at least 4 members (excludes halogenated alkanes) is 5. The largest absolute Gasteiger partial charge is 0.340 e. The van der Waals surface area contributed by atoms with Crippen LogP contribution in [0, 0.1) is 0 Å². The van der Waals surface area contributed by atoms with E-state index in [2.05, 4.69) is 11.5 Å². The summed E-state index contributed by atoms with van der Waals surface area (Å²) in [5, 5.41) is 2.10. The highest BCUT2D eigenvalue weighted by atomic mass is 16.1. The third-order valence-electron chi connectivity index (χ3n) is 4.92. The molecule has 0 saturated heterocycles. The topological polar surface area (TPSA) is 39.1 Å². The predicted molar refractivity (Wildman–Crippen MR) is 104 cm³/mol. The van der Waals surface area contributed by atoms with E-state index in [0.717, 1.165) is 47.3 Å². The normalized spacial score (nSPS) is 11.2. The summed E-state index contributed by atoms with van der Waals surface area (Å²) in [6, 6.07) is 11.6. The fourth-order valence-corrected chi connectivity index (χ4v) is 3.58. The second-order valence-electron chi connectivity index (χ2n) is 6.71. The molecular weight excluding hydrogens is 310 g/mol. The monoisotopic (exact) mass is 335 g/mol. The van der Waals surface area contributed by atoms with Crippen LogP contribution in [0.5, 0.6) is 0 Å². The number of rotatable bonds is 9. The number of carbonyl (C=O) groups is 2. The second kappa shape index (κ2) is 8.11. The highest BCUT2D eigenvalue weighted by Gasteiger charge is 2.11. The van der Waals surface area contributed by atoms with Crippen LogP contribution in [-0.4, -0.2) is 17.1 Å². The van der Waals surface area contributed by atoms with Gasteiger partial charge in [-0.05, 0) is 42.8 Å². The van der Waals surface area contributed by atoms with Gasteiger partial charge in [0, 0.05) is 39.5 Å². The molecule has 0 saturated carbocycles. The van der Waals surface area contributed by atoms with Crippen LogP contribution in [0.2, 0.25) is 0 Å². The van der Waals surface area contributed by atoms with Crippen LogP contribution in [-0.2, 0) is 6.54 Å². The van der Waals surface area contributed by atoms with Crippen molar-refractivity contribution in [2.75, 3.05) is 0 Å². The van der Waals surface area contributed by atoms with Crippen molar-refractivity contribution in [2.24, 2.45) is 0 Å². The Morgan fingerprint density at radius 1 is 0.760 bits per heavy atom. The van der Waals surface area contributed by atoms with Gasteiger partial charge in [0.15, 0.2) is 0 Å². The Bertz CT molecular complexity index is 827. The minimum absolute atomic E-state index is 0.669. The average molecular weight is 335 g/mol. The summed E-state index contributed by atoms with van der Waals surface area (Å²) in [5.74, 6) is 0. The number of benzene rings is 2. The molecule has 0 spiro atoms. The van der Waals surface area contributed by atoms with Gasteiger partial charge in [-0.25, -0.2) is 0 Å². The molecule has 3 heteroatoms. The standard InChI is InChI=1S/C22H25NO2/c1-2-3-4-5-6-7-12-23-21-10-8-17(15-24)13-19(21)20-14-18(16-25)9-11-22(20)23/h8-11,13-16H,2-7,12H2,1H3. The molecule has 0 radical (unpaired) electrons. The average Bonchev–Trinajstić information content (AvgIpc) is 2.96. The molecule has 1 aromatic heterocycles. The van der Waals surface area contributed by atoms with Crippen LogP contribution in [0.3, 0.4) is 0 Å². The van der Waals surface area contributed by atoms with E-state index in [0.29, 0.717) is 11.1 Å². The fraction of sp³-hybridized carbons (Fsp3) is 0.364. The van der Waals surface area contributed by atoms with Gasteiger partial charge >= 0.3 is 0 Å². The summed E-state index contributed by atoms with van der Waals surface area (Å²) in [6.45, 7) is 3.20. The number of hydrogen-bond acceptors (Lipinski definition) is 2. The molecule has 0 aliphatic heterocycles. The van der Waals surface area contributed by atoms with E-state index in [-0.39, 0.29) is 0 Å². The summed E-state index contributed by atoms with van der Waals surface area (Å²) in [4.78, 5) is 22.3. The Kier molecular flexibility index (Phi) is 5.64. The molecular formula is C22H25NO2. The third-order valence-corrected chi connectivity index (χ3v) is 4.92. The Balaban J connectivity index is 1.95. The molecule has 0 bridgehead atoms. The number of aromatic nitrogens is 1. The van der Waals surface area contributed by atoms with Crippen LogP contribution in [0.1, 0.15) is 66.2 Å². The van der Waals surface area contributed by atoms with Gasteiger partial charge in [-0.1, -0.05) is 39.0 Å². The molecule has 0 fully saturated rings. The van der Waals surface area contributed by atoms with Crippen molar-refractivity contribution >= 4 is 34.4 Å². The van der Waals surface area contributed by atoms with Gasteiger partial charge in [0.05, 0.1) is 0 Å². The second-order valence-corrected chi connectivity index (χ2v) is 6.71. The van der Waals surface area contributed by atoms with Gasteiger partial charge in [-0.15, -0.1) is 0 Å². The fourth-order valence-electron chi connectivity index (χ4n) is 3.58. The zero-order valence-electron chi connectivity index (χ0n) is 14.8. The lowest BCUT2D eigenvalue weighted by atomic mass is 10.1. The van der Waals surface area contributed by atoms with Crippen molar-refractivity contribution in [3.05, 3.63) is 47.5 Å². The Hall–Kier alpha value is -2.42. The summed E-state index contributed by atoms with van der Waals surface area (Å²) >= 11 is 0. The van der Waals surface area contributed by atoms with Gasteiger partial charge in [0.2, 0.25) is 0 Å². The van der Waals surface area contributed by atoms with Crippen LogP contribution >= 0.6 is 0 Å². The number of aldehydes is 2. The van der Waals surface area contributed by atoms with Crippen molar-refractivity contribution in [3.63, 3.8) is 0 Å². The highest BCUT2D eigenvalue weighted by molar-refractivity contribution is 6.10. The quantitative estimate of drug-likeness (QED) is 0.367. The molecule has 0 amide bonds. The van der Waals surface area contributed by atoms with Crippen LogP contribution < -0.4 is 0 Å². The van der Waals surface area contributed by atoms with Crippen molar-refractivity contribution in [1.29, 1.82) is 0 Å². The number of fused-ring (bicyclic) bond motifs is 3. The van der Waals surface area contributed by atoms with Gasteiger partial charge in [0.25, 0.3) is 0 Å². The molecule has 0 atom stereocenters. The first kappa shape index (κ1) is 17.4. The zero-order chi connectivity index (χ0) is 17.6. The van der Waals surface area contributed by atoms with Crippen LogP contribution in [0.25, 0.3) is 21.8 Å². The SMILES string of the molecule is CCCCCCCCn1c2ccc(C=O)cc2c2cc(C=O)ccc21. The first-order valence-electron chi connectivity index (χ1n) is 9.25. The van der Waals surface area contributed by atoms with E-state index in [4.69, 9.17) is 0 Å². The van der Waals surface area contributed by atoms with Crippen molar-refractivity contribution in [2.45, 2.75) is 52.0 Å². The maximum Gasteiger partial charge on any atom is 0.150 e. The van der Waals surface area contributed by atoms with Gasteiger partial charge < -0.3 is 4.57 Å². The molecule has 0 aliphatic carbocycles. The third kappa shape index (κ3) is 3.65. The zero-order valence-corrected chi connectivity index (χ0v) is 14.8. The Morgan fingerprint density at radius 2 is 1.28 bits per heavy atom. The van der Waals surface area contributed by atoms with Crippen molar-refractivity contribution in [3.8, 4) is 0 Å². The van der Waals surface area contributed by atoms with Crippen molar-refractivity contribution in [1.82, 2.24) is 4.57 Å². The maximum atomic E-state index is 11.2. The Labute approximate surface area is 148 Å². The summed E-state index contributed by atoms with van der Waals surface area (Å²) < 4.78 is 2.33. The van der Waals surface area contributed by atoms with Gasteiger partial charge in [-0.2, -0.15) is 0 Å². The van der Waals surface area contributed by atoms with E-state index in [9.17, 15) is 9.59 Å². The molecule has 2 aromatic carbocycles. The smallest absolute Gasteiger partial charge is 0.150 e. The molecule has 25 heavy (non-hydrogen) atoms.